The van der Waals surface area contributed by atoms with Crippen LogP contribution in [0.3, 0.4) is 0 Å². The van der Waals surface area contributed by atoms with E-state index in [1.165, 1.54) is 23.3 Å². The van der Waals surface area contributed by atoms with E-state index in [4.69, 9.17) is 10.7 Å². The minimum Gasteiger partial charge on any atom is -0.383 e. The SMILES string of the molecule is C[Si](C)(C)c1cc2c(s1)C(N)=NC(C1CC1)C2. The minimum atomic E-state index is -1.20. The molecule has 0 radical (unpaired) electrons. The van der Waals surface area contributed by atoms with Gasteiger partial charge in [-0.1, -0.05) is 19.6 Å². The molecule has 1 fully saturated rings. The third-order valence-electron chi connectivity index (χ3n) is 3.68. The average Bonchev–Trinajstić information content (AvgIpc) is 2.96. The lowest BCUT2D eigenvalue weighted by Crippen LogP contribution is -2.34. The molecule has 1 atom stereocenters. The summed E-state index contributed by atoms with van der Waals surface area (Å²) < 4.78 is 1.57. The fraction of sp³-hybridized carbons (Fsp3) is 0.615. The molecule has 2 heterocycles. The zero-order chi connectivity index (χ0) is 12.2. The van der Waals surface area contributed by atoms with Crippen LogP contribution in [0.2, 0.25) is 19.6 Å². The number of hydrogen-bond acceptors (Lipinski definition) is 3. The lowest BCUT2D eigenvalue weighted by Gasteiger charge is -2.18. The summed E-state index contributed by atoms with van der Waals surface area (Å²) >= 11 is 1.89. The van der Waals surface area contributed by atoms with Crippen LogP contribution in [0.4, 0.5) is 0 Å². The van der Waals surface area contributed by atoms with Crippen LogP contribution >= 0.6 is 11.3 Å². The second kappa shape index (κ2) is 3.69. The van der Waals surface area contributed by atoms with Gasteiger partial charge in [-0.3, -0.25) is 4.99 Å². The first-order valence-electron chi connectivity index (χ1n) is 6.42. The Bertz CT molecular complexity index is 480. The summed E-state index contributed by atoms with van der Waals surface area (Å²) in [5.41, 5.74) is 7.60. The lowest BCUT2D eigenvalue weighted by molar-refractivity contribution is 0.588. The van der Waals surface area contributed by atoms with Gasteiger partial charge in [0.2, 0.25) is 0 Å². The molecule has 1 aliphatic heterocycles. The Morgan fingerprint density at radius 3 is 2.65 bits per heavy atom. The average molecular weight is 264 g/mol. The van der Waals surface area contributed by atoms with Crippen molar-refractivity contribution in [1.82, 2.24) is 0 Å². The van der Waals surface area contributed by atoms with Gasteiger partial charge in [-0.25, -0.2) is 0 Å². The lowest BCUT2D eigenvalue weighted by atomic mass is 10.0. The number of rotatable bonds is 2. The zero-order valence-electron chi connectivity index (χ0n) is 10.8. The highest BCUT2D eigenvalue weighted by molar-refractivity contribution is 7.27. The highest BCUT2D eigenvalue weighted by Crippen LogP contribution is 2.38. The maximum absolute atomic E-state index is 6.13. The molecular formula is C13H20N2SSi. The van der Waals surface area contributed by atoms with Gasteiger partial charge in [-0.2, -0.15) is 0 Å². The zero-order valence-corrected chi connectivity index (χ0v) is 12.6. The normalized spacial score (nSPS) is 24.4. The van der Waals surface area contributed by atoms with Crippen LogP contribution < -0.4 is 10.2 Å². The number of amidine groups is 1. The summed E-state index contributed by atoms with van der Waals surface area (Å²) in [5.74, 6) is 1.62. The Kier molecular flexibility index (Phi) is 2.49. The highest BCUT2D eigenvalue weighted by atomic mass is 32.1. The van der Waals surface area contributed by atoms with Crippen LogP contribution in [0.15, 0.2) is 11.1 Å². The molecule has 1 unspecified atom stereocenters. The van der Waals surface area contributed by atoms with Crippen LogP contribution in [0.25, 0.3) is 0 Å². The Morgan fingerprint density at radius 1 is 1.35 bits per heavy atom. The summed E-state index contributed by atoms with van der Waals surface area (Å²) in [6.45, 7) is 7.20. The largest absolute Gasteiger partial charge is 0.383 e. The fourth-order valence-electron chi connectivity index (χ4n) is 2.43. The molecule has 3 rings (SSSR count). The van der Waals surface area contributed by atoms with Gasteiger partial charge in [0.25, 0.3) is 0 Å². The van der Waals surface area contributed by atoms with E-state index in [0.29, 0.717) is 6.04 Å². The van der Waals surface area contributed by atoms with Crippen molar-refractivity contribution in [3.8, 4) is 0 Å². The molecule has 92 valence electrons. The van der Waals surface area contributed by atoms with Crippen LogP contribution in [0.1, 0.15) is 23.3 Å². The number of nitrogens with two attached hydrogens (primary N) is 1. The summed E-state index contributed by atoms with van der Waals surface area (Å²) in [6, 6.07) is 2.90. The number of hydrogen-bond donors (Lipinski definition) is 1. The first-order chi connectivity index (χ1) is 7.95. The molecule has 0 spiro atoms. The van der Waals surface area contributed by atoms with Gasteiger partial charge in [0, 0.05) is 0 Å². The Morgan fingerprint density at radius 2 is 2.06 bits per heavy atom. The number of nitrogens with zero attached hydrogens (tertiary/aromatic N) is 1. The van der Waals surface area contributed by atoms with Crippen molar-refractivity contribution >= 4 is 29.7 Å². The first kappa shape index (κ1) is 11.5. The molecule has 1 aromatic heterocycles. The van der Waals surface area contributed by atoms with E-state index in [1.807, 2.05) is 11.3 Å². The van der Waals surface area contributed by atoms with Gasteiger partial charge in [0.15, 0.2) is 0 Å². The fourth-order valence-corrected chi connectivity index (χ4v) is 5.42. The molecule has 0 amide bonds. The monoisotopic (exact) mass is 264 g/mol. The smallest absolute Gasteiger partial charge is 0.136 e. The number of thiophene rings is 1. The van der Waals surface area contributed by atoms with Crippen LogP contribution in [0.5, 0.6) is 0 Å². The molecule has 0 bridgehead atoms. The van der Waals surface area contributed by atoms with Crippen molar-refractivity contribution < 1.29 is 0 Å². The summed E-state index contributed by atoms with van der Waals surface area (Å²) in [5, 5.41) is 0. The van der Waals surface area contributed by atoms with E-state index in [1.54, 1.807) is 4.50 Å². The van der Waals surface area contributed by atoms with Crippen molar-refractivity contribution in [1.29, 1.82) is 0 Å². The molecule has 17 heavy (non-hydrogen) atoms. The van der Waals surface area contributed by atoms with Crippen LogP contribution in [-0.2, 0) is 6.42 Å². The van der Waals surface area contributed by atoms with Gasteiger partial charge < -0.3 is 5.73 Å². The van der Waals surface area contributed by atoms with Gasteiger partial charge >= 0.3 is 0 Å². The molecule has 2 nitrogen and oxygen atoms in total. The standard InChI is InChI=1S/C13H20N2SSi/c1-17(2,3)11-7-9-6-10(8-4-5-8)15-13(14)12(9)16-11/h7-8,10H,4-6H2,1-3H3,(H2,14,15). The molecule has 2 aliphatic rings. The van der Waals surface area contributed by atoms with E-state index >= 15 is 0 Å². The second-order valence-corrected chi connectivity index (χ2v) is 12.8. The maximum Gasteiger partial charge on any atom is 0.136 e. The van der Waals surface area contributed by atoms with Crippen molar-refractivity contribution in [2.45, 2.75) is 44.9 Å². The van der Waals surface area contributed by atoms with E-state index < -0.39 is 8.07 Å². The third-order valence-corrected chi connectivity index (χ3v) is 8.46. The van der Waals surface area contributed by atoms with Crippen molar-refractivity contribution in [2.24, 2.45) is 16.6 Å². The summed E-state index contributed by atoms with van der Waals surface area (Å²) in [6.07, 6.45) is 3.82. The Balaban J connectivity index is 1.96. The number of aliphatic imine (C=N–C) groups is 1. The molecular weight excluding hydrogens is 244 g/mol. The molecule has 1 aliphatic carbocycles. The molecule has 0 aromatic carbocycles. The number of fused-ring (bicyclic) bond motifs is 1. The molecule has 4 heteroatoms. The third kappa shape index (κ3) is 2.08. The minimum absolute atomic E-state index is 0.478. The first-order valence-corrected chi connectivity index (χ1v) is 10.7. The molecule has 0 saturated heterocycles. The maximum atomic E-state index is 6.13. The van der Waals surface area contributed by atoms with E-state index in [0.717, 1.165) is 18.2 Å². The topological polar surface area (TPSA) is 38.4 Å². The predicted molar refractivity (Wildman–Crippen MR) is 78.2 cm³/mol. The van der Waals surface area contributed by atoms with Gasteiger partial charge in [0.05, 0.1) is 19.0 Å². The van der Waals surface area contributed by atoms with Gasteiger partial charge in [-0.15, -0.1) is 11.3 Å². The van der Waals surface area contributed by atoms with Gasteiger partial charge in [-0.05, 0) is 41.3 Å². The van der Waals surface area contributed by atoms with E-state index in [-0.39, 0.29) is 0 Å². The molecule has 1 aromatic rings. The van der Waals surface area contributed by atoms with Crippen LogP contribution in [-0.4, -0.2) is 20.0 Å². The van der Waals surface area contributed by atoms with Gasteiger partial charge in [0.1, 0.15) is 5.84 Å². The summed E-state index contributed by atoms with van der Waals surface area (Å²) in [4.78, 5) is 5.96. The van der Waals surface area contributed by atoms with E-state index in [2.05, 4.69) is 25.7 Å². The molecule has 1 saturated carbocycles. The van der Waals surface area contributed by atoms with Crippen LogP contribution in [0, 0.1) is 5.92 Å². The Hall–Kier alpha value is -0.613. The van der Waals surface area contributed by atoms with Crippen molar-refractivity contribution in [2.75, 3.05) is 0 Å². The quantitative estimate of drug-likeness (QED) is 0.818. The predicted octanol–water partition coefficient (Wildman–Crippen LogP) is 2.33. The summed E-state index contributed by atoms with van der Waals surface area (Å²) in [7, 11) is -1.20. The van der Waals surface area contributed by atoms with Crippen molar-refractivity contribution in [3.05, 3.63) is 16.5 Å². The second-order valence-electron chi connectivity index (χ2n) is 6.34. The van der Waals surface area contributed by atoms with E-state index in [9.17, 15) is 0 Å². The van der Waals surface area contributed by atoms with Crippen molar-refractivity contribution in [3.63, 3.8) is 0 Å². The highest BCUT2D eigenvalue weighted by Gasteiger charge is 2.35. The Labute approximate surface area is 108 Å². The molecule has 2 N–H and O–H groups in total.